The smallest absolute Gasteiger partial charge is 0.365 e. The molecule has 2 bridgehead atoms. The first-order valence-corrected chi connectivity index (χ1v) is 10.9. The third-order valence-electron chi connectivity index (χ3n) is 6.63. The Morgan fingerprint density at radius 1 is 1.15 bits per heavy atom. The molecule has 2 fully saturated rings. The Balaban J connectivity index is 1.37. The molecule has 1 amide bonds. The van der Waals surface area contributed by atoms with Gasteiger partial charge in [0.05, 0.1) is 17.3 Å². The summed E-state index contributed by atoms with van der Waals surface area (Å²) in [5.74, 6) is 1.31. The van der Waals surface area contributed by atoms with Crippen LogP contribution in [0.4, 0.5) is 19.0 Å². The van der Waals surface area contributed by atoms with E-state index in [2.05, 4.69) is 15.5 Å². The molecule has 1 aliphatic heterocycles. The fraction of sp³-hybridized carbons (Fsp3) is 0.375. The molecule has 2 aromatic heterocycles. The van der Waals surface area contributed by atoms with Crippen molar-refractivity contribution in [3.8, 4) is 11.1 Å². The van der Waals surface area contributed by atoms with Crippen molar-refractivity contribution in [2.75, 3.05) is 11.9 Å². The molecule has 6 nitrogen and oxygen atoms in total. The lowest BCUT2D eigenvalue weighted by Gasteiger charge is -2.34. The van der Waals surface area contributed by atoms with E-state index in [0.717, 1.165) is 41.9 Å². The highest BCUT2D eigenvalue weighted by Gasteiger charge is 2.47. The van der Waals surface area contributed by atoms with Gasteiger partial charge in [0.1, 0.15) is 11.6 Å². The molecule has 172 valence electrons. The van der Waals surface area contributed by atoms with E-state index in [9.17, 15) is 18.0 Å². The minimum atomic E-state index is -4.42. The van der Waals surface area contributed by atoms with Crippen LogP contribution in [0.1, 0.15) is 40.2 Å². The molecule has 9 heteroatoms. The second kappa shape index (κ2) is 7.90. The Morgan fingerprint density at radius 3 is 2.58 bits per heavy atom. The summed E-state index contributed by atoms with van der Waals surface area (Å²) >= 11 is 0. The lowest BCUT2D eigenvalue weighted by Crippen LogP contribution is -2.47. The van der Waals surface area contributed by atoms with Crippen molar-refractivity contribution in [2.24, 2.45) is 5.92 Å². The molecule has 3 aromatic rings. The number of rotatable bonds is 4. The molecule has 2 aliphatic rings. The number of alkyl halides is 3. The summed E-state index contributed by atoms with van der Waals surface area (Å²) in [5.41, 5.74) is 2.14. The molecule has 1 aliphatic carbocycles. The van der Waals surface area contributed by atoms with Crippen molar-refractivity contribution in [2.45, 2.75) is 44.9 Å². The molecule has 0 radical (unpaired) electrons. The fourth-order valence-corrected chi connectivity index (χ4v) is 5.16. The number of hydrogen-bond donors (Lipinski definition) is 1. The number of carbonyl (C=O) groups is 1. The summed E-state index contributed by atoms with van der Waals surface area (Å²) in [7, 11) is 0. The highest BCUT2D eigenvalue weighted by molar-refractivity contribution is 6.01. The monoisotopic (exact) mass is 456 g/mol. The van der Waals surface area contributed by atoms with Gasteiger partial charge in [-0.15, -0.1) is 0 Å². The Bertz CT molecular complexity index is 1170. The predicted molar refractivity (Wildman–Crippen MR) is 116 cm³/mol. The second-order valence-corrected chi connectivity index (χ2v) is 8.79. The topological polar surface area (TPSA) is 71.3 Å². The van der Waals surface area contributed by atoms with Crippen molar-refractivity contribution in [3.63, 3.8) is 0 Å². The van der Waals surface area contributed by atoms with Crippen LogP contribution in [0.2, 0.25) is 0 Å². The van der Waals surface area contributed by atoms with E-state index >= 15 is 0 Å². The van der Waals surface area contributed by atoms with Gasteiger partial charge in [0.15, 0.2) is 0 Å². The van der Waals surface area contributed by atoms with Crippen LogP contribution < -0.4 is 5.32 Å². The van der Waals surface area contributed by atoms with Gasteiger partial charge in [-0.05, 0) is 56.4 Å². The van der Waals surface area contributed by atoms with Gasteiger partial charge in [-0.3, -0.25) is 4.79 Å². The Kier molecular flexibility index (Phi) is 5.14. The minimum absolute atomic E-state index is 0.0516. The Labute approximate surface area is 188 Å². The van der Waals surface area contributed by atoms with Crippen LogP contribution in [-0.4, -0.2) is 39.6 Å². The molecule has 1 N–H and O–H groups in total. The fourth-order valence-electron chi connectivity index (χ4n) is 5.16. The van der Waals surface area contributed by atoms with Crippen LogP contribution in [0.5, 0.6) is 0 Å². The minimum Gasteiger partial charge on any atom is -0.365 e. The van der Waals surface area contributed by atoms with E-state index in [4.69, 9.17) is 4.52 Å². The van der Waals surface area contributed by atoms with Crippen molar-refractivity contribution >= 4 is 11.7 Å². The maximum Gasteiger partial charge on any atom is 0.417 e. The first-order valence-electron chi connectivity index (χ1n) is 10.9. The number of anilines is 1. The largest absolute Gasteiger partial charge is 0.417 e. The molecule has 33 heavy (non-hydrogen) atoms. The van der Waals surface area contributed by atoms with Gasteiger partial charge in [0.2, 0.25) is 0 Å². The second-order valence-electron chi connectivity index (χ2n) is 8.79. The molecule has 1 aromatic carbocycles. The maximum absolute atomic E-state index is 13.6. The molecule has 5 rings (SSSR count). The predicted octanol–water partition coefficient (Wildman–Crippen LogP) is 5.09. The summed E-state index contributed by atoms with van der Waals surface area (Å²) in [6.45, 7) is 4.34. The number of aryl methyl sites for hydroxylation is 2. The van der Waals surface area contributed by atoms with E-state index < -0.39 is 11.7 Å². The first kappa shape index (κ1) is 21.5. The average molecular weight is 456 g/mol. The molecule has 1 saturated heterocycles. The van der Waals surface area contributed by atoms with Gasteiger partial charge in [0.25, 0.3) is 5.91 Å². The molecule has 3 heterocycles. The van der Waals surface area contributed by atoms with E-state index in [0.29, 0.717) is 29.6 Å². The number of fused-ring (bicyclic) bond motifs is 2. The number of carbonyl (C=O) groups excluding carboxylic acids is 1. The highest BCUT2D eigenvalue weighted by Crippen LogP contribution is 2.41. The number of halogens is 3. The van der Waals surface area contributed by atoms with Crippen molar-refractivity contribution in [1.82, 2.24) is 15.0 Å². The highest BCUT2D eigenvalue weighted by atomic mass is 19.4. The summed E-state index contributed by atoms with van der Waals surface area (Å²) < 4.78 is 43.8. The van der Waals surface area contributed by atoms with E-state index in [-0.39, 0.29) is 18.0 Å². The van der Waals surface area contributed by atoms with E-state index in [1.54, 1.807) is 0 Å². The van der Waals surface area contributed by atoms with Crippen LogP contribution in [-0.2, 0) is 6.18 Å². The van der Waals surface area contributed by atoms with Crippen LogP contribution in [0.25, 0.3) is 11.1 Å². The van der Waals surface area contributed by atoms with Crippen LogP contribution >= 0.6 is 0 Å². The number of nitrogens with zero attached hydrogens (tertiary/aromatic N) is 3. The number of likely N-dealkylation sites (tertiary alicyclic amines) is 1. The Morgan fingerprint density at radius 2 is 1.94 bits per heavy atom. The number of amides is 1. The number of hydrogen-bond acceptors (Lipinski definition) is 5. The molecule has 0 spiro atoms. The summed E-state index contributed by atoms with van der Waals surface area (Å²) in [6.07, 6.45) is -1.88. The normalized spacial score (nSPS) is 22.1. The summed E-state index contributed by atoms with van der Waals surface area (Å²) in [5, 5.41) is 7.27. The number of nitrogens with one attached hydrogen (secondary N) is 1. The molecular weight excluding hydrogens is 433 g/mol. The average Bonchev–Trinajstić information content (AvgIpc) is 3.47. The molecule has 1 saturated carbocycles. The molecular formula is C24H23F3N4O2. The third-order valence-corrected chi connectivity index (χ3v) is 6.63. The number of benzene rings is 1. The SMILES string of the molecule is Cc1noc(C)c1-c1ccccc1C(=O)N1C[C@H]2C[C@@H](Nc3ccc(C(F)(F)F)cn3)[C@@H]1C2. The van der Waals surface area contributed by atoms with Crippen LogP contribution in [0, 0.1) is 19.8 Å². The van der Waals surface area contributed by atoms with Gasteiger partial charge in [-0.25, -0.2) is 4.98 Å². The van der Waals surface area contributed by atoms with Gasteiger partial charge in [-0.1, -0.05) is 23.4 Å². The number of pyridine rings is 1. The number of aromatic nitrogens is 2. The van der Waals surface area contributed by atoms with Gasteiger partial charge >= 0.3 is 6.18 Å². The first-order chi connectivity index (χ1) is 15.7. The van der Waals surface area contributed by atoms with E-state index in [1.807, 2.05) is 43.0 Å². The maximum atomic E-state index is 13.6. The van der Waals surface area contributed by atoms with Crippen LogP contribution in [0.15, 0.2) is 47.1 Å². The lowest BCUT2D eigenvalue weighted by atomic mass is 9.96. The molecule has 0 unspecified atom stereocenters. The van der Waals surface area contributed by atoms with Crippen LogP contribution in [0.3, 0.4) is 0 Å². The van der Waals surface area contributed by atoms with Gasteiger partial charge in [0, 0.05) is 29.9 Å². The summed E-state index contributed by atoms with van der Waals surface area (Å²) in [6, 6.07) is 9.68. The third kappa shape index (κ3) is 3.85. The molecule has 3 atom stereocenters. The van der Waals surface area contributed by atoms with E-state index in [1.165, 1.54) is 6.07 Å². The quantitative estimate of drug-likeness (QED) is 0.592. The van der Waals surface area contributed by atoms with Gasteiger partial charge in [-0.2, -0.15) is 13.2 Å². The summed E-state index contributed by atoms with van der Waals surface area (Å²) in [4.78, 5) is 19.5. The van der Waals surface area contributed by atoms with Crippen molar-refractivity contribution < 1.29 is 22.5 Å². The van der Waals surface area contributed by atoms with Gasteiger partial charge < -0.3 is 14.7 Å². The van der Waals surface area contributed by atoms with Crippen molar-refractivity contribution in [3.05, 3.63) is 65.2 Å². The standard InChI is InChI=1S/C24H23F3N4O2/c1-13-22(14(2)33-30-13)17-5-3-4-6-18(17)23(32)31-12-15-9-19(20(31)10-15)29-21-8-7-16(11-28-21)24(25,26)27/h3-8,11,15,19-20H,9-10,12H2,1-2H3,(H,28,29)/t15-,19+,20-/m0/s1. The van der Waals surface area contributed by atoms with Crippen molar-refractivity contribution in [1.29, 1.82) is 0 Å². The number of piperidine rings is 1. The zero-order chi connectivity index (χ0) is 23.3. The lowest BCUT2D eigenvalue weighted by molar-refractivity contribution is -0.137. The zero-order valence-corrected chi connectivity index (χ0v) is 18.2. The Hall–Kier alpha value is -3.36. The zero-order valence-electron chi connectivity index (χ0n) is 18.2.